The lowest BCUT2D eigenvalue weighted by molar-refractivity contribution is 0.246. The SMILES string of the molecule is CCc1ccccc1NC(=O)NCCOc1ccc(-c2ccc(F)cc2)nn1. The molecule has 144 valence electrons. The molecule has 0 saturated carbocycles. The second-order valence-corrected chi connectivity index (χ2v) is 6.00. The number of rotatable bonds is 7. The zero-order valence-corrected chi connectivity index (χ0v) is 15.5. The van der Waals surface area contributed by atoms with Gasteiger partial charge in [0.2, 0.25) is 5.88 Å². The lowest BCUT2D eigenvalue weighted by Gasteiger charge is -2.11. The topological polar surface area (TPSA) is 76.1 Å². The summed E-state index contributed by atoms with van der Waals surface area (Å²) in [5, 5.41) is 13.6. The average Bonchev–Trinajstić information content (AvgIpc) is 2.73. The Hall–Kier alpha value is -3.48. The van der Waals surface area contributed by atoms with Crippen LogP contribution in [0.5, 0.6) is 5.88 Å². The molecule has 0 radical (unpaired) electrons. The van der Waals surface area contributed by atoms with Crippen LogP contribution in [0.3, 0.4) is 0 Å². The van der Waals surface area contributed by atoms with Gasteiger partial charge in [0.1, 0.15) is 12.4 Å². The fraction of sp³-hybridized carbons (Fsp3) is 0.190. The molecule has 3 rings (SSSR count). The van der Waals surface area contributed by atoms with E-state index in [1.807, 2.05) is 31.2 Å². The van der Waals surface area contributed by atoms with E-state index in [4.69, 9.17) is 4.74 Å². The summed E-state index contributed by atoms with van der Waals surface area (Å²) in [6, 6.07) is 16.8. The fourth-order valence-electron chi connectivity index (χ4n) is 2.61. The maximum Gasteiger partial charge on any atom is 0.319 e. The van der Waals surface area contributed by atoms with Crippen molar-refractivity contribution in [1.29, 1.82) is 0 Å². The number of urea groups is 1. The zero-order chi connectivity index (χ0) is 19.8. The van der Waals surface area contributed by atoms with Gasteiger partial charge in [-0.1, -0.05) is 25.1 Å². The minimum absolute atomic E-state index is 0.257. The Balaban J connectivity index is 1.43. The number of ether oxygens (including phenoxy) is 1. The van der Waals surface area contributed by atoms with Crippen LogP contribution >= 0.6 is 0 Å². The van der Waals surface area contributed by atoms with Crippen LogP contribution in [0, 0.1) is 5.82 Å². The summed E-state index contributed by atoms with van der Waals surface area (Å²) in [5.41, 5.74) is 3.27. The first-order valence-electron chi connectivity index (χ1n) is 9.01. The van der Waals surface area contributed by atoms with E-state index in [2.05, 4.69) is 20.8 Å². The molecule has 3 aromatic rings. The summed E-state index contributed by atoms with van der Waals surface area (Å²) in [4.78, 5) is 12.0. The van der Waals surface area contributed by atoms with Gasteiger partial charge in [-0.15, -0.1) is 10.2 Å². The van der Waals surface area contributed by atoms with E-state index < -0.39 is 0 Å². The molecule has 0 aliphatic heterocycles. The van der Waals surface area contributed by atoms with Gasteiger partial charge in [0, 0.05) is 17.3 Å². The summed E-state index contributed by atoms with van der Waals surface area (Å²) < 4.78 is 18.5. The number of carbonyl (C=O) groups excluding carboxylic acids is 1. The molecule has 0 spiro atoms. The number of nitrogens with one attached hydrogen (secondary N) is 2. The van der Waals surface area contributed by atoms with Crippen molar-refractivity contribution in [2.45, 2.75) is 13.3 Å². The molecule has 28 heavy (non-hydrogen) atoms. The fourth-order valence-corrected chi connectivity index (χ4v) is 2.61. The number of benzene rings is 2. The number of amides is 2. The lowest BCUT2D eigenvalue weighted by atomic mass is 10.1. The molecule has 2 N–H and O–H groups in total. The van der Waals surface area contributed by atoms with E-state index in [1.54, 1.807) is 24.3 Å². The van der Waals surface area contributed by atoms with E-state index >= 15 is 0 Å². The van der Waals surface area contributed by atoms with Gasteiger partial charge in [-0.3, -0.25) is 0 Å². The summed E-state index contributed by atoms with van der Waals surface area (Å²) in [5.74, 6) is 0.0516. The molecule has 0 saturated heterocycles. The Kier molecular flexibility index (Phi) is 6.51. The molecule has 0 fully saturated rings. The van der Waals surface area contributed by atoms with Gasteiger partial charge in [-0.05, 0) is 48.4 Å². The van der Waals surface area contributed by atoms with Gasteiger partial charge in [0.05, 0.1) is 12.2 Å². The largest absolute Gasteiger partial charge is 0.475 e. The zero-order valence-electron chi connectivity index (χ0n) is 15.5. The molecule has 2 aromatic carbocycles. The van der Waals surface area contributed by atoms with Gasteiger partial charge in [-0.2, -0.15) is 0 Å². The molecular formula is C21H21FN4O2. The number of anilines is 1. The first-order valence-corrected chi connectivity index (χ1v) is 9.01. The smallest absolute Gasteiger partial charge is 0.319 e. The van der Waals surface area contributed by atoms with Gasteiger partial charge < -0.3 is 15.4 Å². The maximum absolute atomic E-state index is 13.0. The van der Waals surface area contributed by atoms with Crippen molar-refractivity contribution in [2.75, 3.05) is 18.5 Å². The van der Waals surface area contributed by atoms with Crippen molar-refractivity contribution in [2.24, 2.45) is 0 Å². The quantitative estimate of drug-likeness (QED) is 0.607. The van der Waals surface area contributed by atoms with Crippen LogP contribution in [0.4, 0.5) is 14.9 Å². The van der Waals surface area contributed by atoms with Gasteiger partial charge in [0.25, 0.3) is 0 Å². The molecule has 0 bridgehead atoms. The molecule has 0 atom stereocenters. The predicted molar refractivity (Wildman–Crippen MR) is 106 cm³/mol. The third-order valence-electron chi connectivity index (χ3n) is 4.06. The second kappa shape index (κ2) is 9.45. The number of nitrogens with zero attached hydrogens (tertiary/aromatic N) is 2. The highest BCUT2D eigenvalue weighted by atomic mass is 19.1. The number of para-hydroxylation sites is 1. The van der Waals surface area contributed by atoms with E-state index in [0.717, 1.165) is 23.2 Å². The van der Waals surface area contributed by atoms with E-state index in [-0.39, 0.29) is 18.5 Å². The highest BCUT2D eigenvalue weighted by Gasteiger charge is 2.05. The molecular weight excluding hydrogens is 359 g/mol. The van der Waals surface area contributed by atoms with Crippen LogP contribution in [0.2, 0.25) is 0 Å². The Bertz CT molecular complexity index is 914. The number of aryl methyl sites for hydroxylation is 1. The minimum atomic E-state index is -0.300. The van der Waals surface area contributed by atoms with Crippen LogP contribution in [0.1, 0.15) is 12.5 Å². The second-order valence-electron chi connectivity index (χ2n) is 6.00. The summed E-state index contributed by atoms with van der Waals surface area (Å²) in [7, 11) is 0. The molecule has 0 aliphatic rings. The molecule has 7 heteroatoms. The average molecular weight is 380 g/mol. The van der Waals surface area contributed by atoms with E-state index in [0.29, 0.717) is 18.1 Å². The number of carbonyl (C=O) groups is 1. The minimum Gasteiger partial charge on any atom is -0.475 e. The van der Waals surface area contributed by atoms with Crippen molar-refractivity contribution >= 4 is 11.7 Å². The van der Waals surface area contributed by atoms with E-state index in [1.165, 1.54) is 12.1 Å². The Morgan fingerprint density at radius 2 is 1.82 bits per heavy atom. The lowest BCUT2D eigenvalue weighted by Crippen LogP contribution is -2.32. The normalized spacial score (nSPS) is 10.4. The molecule has 0 unspecified atom stereocenters. The van der Waals surface area contributed by atoms with Crippen molar-refractivity contribution in [1.82, 2.24) is 15.5 Å². The monoisotopic (exact) mass is 380 g/mol. The van der Waals surface area contributed by atoms with Crippen LogP contribution < -0.4 is 15.4 Å². The van der Waals surface area contributed by atoms with E-state index in [9.17, 15) is 9.18 Å². The summed E-state index contributed by atoms with van der Waals surface area (Å²) >= 11 is 0. The first-order chi connectivity index (χ1) is 13.7. The standard InChI is InChI=1S/C21H21FN4O2/c1-2-15-5-3-4-6-18(15)24-21(27)23-13-14-28-20-12-11-19(25-26-20)16-7-9-17(22)10-8-16/h3-12H,2,13-14H2,1H3,(H2,23,24,27). The molecule has 0 aliphatic carbocycles. The van der Waals surface area contributed by atoms with Crippen molar-refractivity contribution in [3.05, 3.63) is 72.0 Å². The van der Waals surface area contributed by atoms with Gasteiger partial charge in [-0.25, -0.2) is 9.18 Å². The number of aromatic nitrogens is 2. The number of hydrogen-bond acceptors (Lipinski definition) is 4. The highest BCUT2D eigenvalue weighted by Crippen LogP contribution is 2.18. The third-order valence-corrected chi connectivity index (χ3v) is 4.06. The van der Waals surface area contributed by atoms with Crippen LogP contribution in [0.15, 0.2) is 60.7 Å². The molecule has 2 amide bonds. The summed E-state index contributed by atoms with van der Waals surface area (Å²) in [6.45, 7) is 2.61. The third kappa shape index (κ3) is 5.26. The highest BCUT2D eigenvalue weighted by molar-refractivity contribution is 5.90. The number of hydrogen-bond donors (Lipinski definition) is 2. The molecule has 1 heterocycles. The van der Waals surface area contributed by atoms with Crippen molar-refractivity contribution < 1.29 is 13.9 Å². The van der Waals surface area contributed by atoms with Crippen LogP contribution in [0.25, 0.3) is 11.3 Å². The van der Waals surface area contributed by atoms with Gasteiger partial charge >= 0.3 is 6.03 Å². The Morgan fingerprint density at radius 3 is 2.54 bits per heavy atom. The molecule has 1 aromatic heterocycles. The van der Waals surface area contributed by atoms with Crippen LogP contribution in [-0.2, 0) is 6.42 Å². The first kappa shape index (κ1) is 19.3. The van der Waals surface area contributed by atoms with Crippen molar-refractivity contribution in [3.63, 3.8) is 0 Å². The Labute approximate surface area is 162 Å². The summed E-state index contributed by atoms with van der Waals surface area (Å²) in [6.07, 6.45) is 0.839. The van der Waals surface area contributed by atoms with Crippen molar-refractivity contribution in [3.8, 4) is 17.1 Å². The maximum atomic E-state index is 13.0. The van der Waals surface area contributed by atoms with Gasteiger partial charge in [0.15, 0.2) is 0 Å². The Morgan fingerprint density at radius 1 is 1.04 bits per heavy atom. The number of halogens is 1. The predicted octanol–water partition coefficient (Wildman–Crippen LogP) is 4.05. The molecule has 6 nitrogen and oxygen atoms in total. The van der Waals surface area contributed by atoms with Crippen LogP contribution in [-0.4, -0.2) is 29.4 Å².